The number of hydrogen-bond donors (Lipinski definition) is 1. The van der Waals surface area contributed by atoms with E-state index in [0.29, 0.717) is 0 Å². The standard InChI is InChI=1S/C15H18BrN3S/c1-19(9-11-6-15(16)20-10-11)14-8-17-5-4-12(14)7-18-13-2-3-13/h4-6,8,10,13,18H,2-3,7,9H2,1H3. The van der Waals surface area contributed by atoms with Crippen LogP contribution in [0.4, 0.5) is 5.69 Å². The van der Waals surface area contributed by atoms with Crippen LogP contribution in [0.15, 0.2) is 33.7 Å². The predicted octanol–water partition coefficient (Wildman–Crippen LogP) is 3.79. The molecular formula is C15H18BrN3S. The largest absolute Gasteiger partial charge is 0.369 e. The maximum Gasteiger partial charge on any atom is 0.0701 e. The van der Waals surface area contributed by atoms with Crippen molar-refractivity contribution in [2.45, 2.75) is 32.0 Å². The van der Waals surface area contributed by atoms with Crippen LogP contribution in [-0.2, 0) is 13.1 Å². The first kappa shape index (κ1) is 14.0. The number of aromatic nitrogens is 1. The fourth-order valence-electron chi connectivity index (χ4n) is 2.24. The number of pyridine rings is 1. The number of anilines is 1. The average Bonchev–Trinajstić information content (AvgIpc) is 3.19. The van der Waals surface area contributed by atoms with E-state index in [1.807, 2.05) is 12.4 Å². The molecular weight excluding hydrogens is 334 g/mol. The highest BCUT2D eigenvalue weighted by molar-refractivity contribution is 9.11. The van der Waals surface area contributed by atoms with Gasteiger partial charge in [-0.3, -0.25) is 4.98 Å². The molecule has 0 atom stereocenters. The van der Waals surface area contributed by atoms with Crippen LogP contribution >= 0.6 is 27.3 Å². The van der Waals surface area contributed by atoms with Gasteiger partial charge < -0.3 is 10.2 Å². The van der Waals surface area contributed by atoms with Crippen LogP contribution in [0.25, 0.3) is 0 Å². The molecule has 0 amide bonds. The van der Waals surface area contributed by atoms with E-state index < -0.39 is 0 Å². The van der Waals surface area contributed by atoms with E-state index >= 15 is 0 Å². The molecule has 3 nitrogen and oxygen atoms in total. The Morgan fingerprint density at radius 2 is 2.35 bits per heavy atom. The molecule has 106 valence electrons. The quantitative estimate of drug-likeness (QED) is 0.857. The van der Waals surface area contributed by atoms with Crippen molar-refractivity contribution in [3.63, 3.8) is 0 Å². The zero-order valence-electron chi connectivity index (χ0n) is 11.5. The van der Waals surface area contributed by atoms with Crippen molar-refractivity contribution >= 4 is 33.0 Å². The molecule has 1 aliphatic rings. The highest BCUT2D eigenvalue weighted by Crippen LogP contribution is 2.25. The molecule has 0 bridgehead atoms. The zero-order chi connectivity index (χ0) is 13.9. The minimum absolute atomic E-state index is 0.731. The first-order chi connectivity index (χ1) is 9.72. The molecule has 0 radical (unpaired) electrons. The van der Waals surface area contributed by atoms with Gasteiger partial charge in [-0.1, -0.05) is 0 Å². The van der Waals surface area contributed by atoms with Gasteiger partial charge in [0.1, 0.15) is 0 Å². The maximum atomic E-state index is 4.28. The van der Waals surface area contributed by atoms with Gasteiger partial charge in [0.15, 0.2) is 0 Å². The summed E-state index contributed by atoms with van der Waals surface area (Å²) in [6, 6.07) is 5.03. The molecule has 0 unspecified atom stereocenters. The third-order valence-electron chi connectivity index (χ3n) is 3.50. The Morgan fingerprint density at radius 3 is 3.05 bits per heavy atom. The van der Waals surface area contributed by atoms with Crippen LogP contribution in [0.5, 0.6) is 0 Å². The van der Waals surface area contributed by atoms with Crippen molar-refractivity contribution in [2.75, 3.05) is 11.9 Å². The van der Waals surface area contributed by atoms with Crippen LogP contribution in [0.1, 0.15) is 24.0 Å². The number of nitrogens with zero attached hydrogens (tertiary/aromatic N) is 2. The van der Waals surface area contributed by atoms with E-state index in [2.05, 4.69) is 55.7 Å². The second kappa shape index (κ2) is 6.24. The van der Waals surface area contributed by atoms with Gasteiger partial charge in [0.25, 0.3) is 0 Å². The fourth-order valence-corrected chi connectivity index (χ4v) is 3.44. The summed E-state index contributed by atoms with van der Waals surface area (Å²) < 4.78 is 1.18. The Hall–Kier alpha value is -0.910. The Kier molecular flexibility index (Phi) is 4.38. The third kappa shape index (κ3) is 3.59. The van der Waals surface area contributed by atoms with Crippen molar-refractivity contribution in [3.8, 4) is 0 Å². The van der Waals surface area contributed by atoms with E-state index in [0.717, 1.165) is 19.1 Å². The third-order valence-corrected chi connectivity index (χ3v) is 5.05. The lowest BCUT2D eigenvalue weighted by atomic mass is 10.2. The minimum atomic E-state index is 0.731. The number of hydrogen-bond acceptors (Lipinski definition) is 4. The molecule has 5 heteroatoms. The second-order valence-electron chi connectivity index (χ2n) is 5.27. The lowest BCUT2D eigenvalue weighted by molar-refractivity contribution is 0.684. The molecule has 1 saturated carbocycles. The first-order valence-electron chi connectivity index (χ1n) is 6.82. The van der Waals surface area contributed by atoms with E-state index in [1.165, 1.54) is 33.4 Å². The number of nitrogens with one attached hydrogen (secondary N) is 1. The minimum Gasteiger partial charge on any atom is -0.369 e. The van der Waals surface area contributed by atoms with Gasteiger partial charge in [-0.15, -0.1) is 11.3 Å². The van der Waals surface area contributed by atoms with Crippen LogP contribution < -0.4 is 10.2 Å². The van der Waals surface area contributed by atoms with E-state index in [4.69, 9.17) is 0 Å². The van der Waals surface area contributed by atoms with Gasteiger partial charge in [0.2, 0.25) is 0 Å². The van der Waals surface area contributed by atoms with Crippen LogP contribution in [0.2, 0.25) is 0 Å². The van der Waals surface area contributed by atoms with Crippen molar-refractivity contribution < 1.29 is 0 Å². The molecule has 0 aromatic carbocycles. The van der Waals surface area contributed by atoms with Gasteiger partial charge in [0, 0.05) is 32.4 Å². The van der Waals surface area contributed by atoms with Gasteiger partial charge in [-0.2, -0.15) is 0 Å². The van der Waals surface area contributed by atoms with E-state index in [9.17, 15) is 0 Å². The maximum absolute atomic E-state index is 4.28. The summed E-state index contributed by atoms with van der Waals surface area (Å²) in [7, 11) is 2.13. The SMILES string of the molecule is CN(Cc1csc(Br)c1)c1cnccc1CNC1CC1. The summed E-state index contributed by atoms with van der Waals surface area (Å²) in [6.45, 7) is 1.84. The number of rotatable bonds is 6. The first-order valence-corrected chi connectivity index (χ1v) is 8.50. The Bertz CT molecular complexity index is 580. The molecule has 1 N–H and O–H groups in total. The monoisotopic (exact) mass is 351 g/mol. The van der Waals surface area contributed by atoms with E-state index in [1.54, 1.807) is 11.3 Å². The zero-order valence-corrected chi connectivity index (χ0v) is 13.9. The second-order valence-corrected chi connectivity index (χ2v) is 7.57. The van der Waals surface area contributed by atoms with E-state index in [-0.39, 0.29) is 0 Å². The lowest BCUT2D eigenvalue weighted by Crippen LogP contribution is -2.21. The predicted molar refractivity (Wildman–Crippen MR) is 88.2 cm³/mol. The molecule has 0 spiro atoms. The van der Waals surface area contributed by atoms with Crippen molar-refractivity contribution in [3.05, 3.63) is 44.8 Å². The summed E-state index contributed by atoms with van der Waals surface area (Å²) in [6.07, 6.45) is 6.48. The molecule has 0 aliphatic heterocycles. The Balaban J connectivity index is 1.70. The summed E-state index contributed by atoms with van der Waals surface area (Å²) >= 11 is 5.25. The van der Waals surface area contributed by atoms with Gasteiger partial charge in [0.05, 0.1) is 15.7 Å². The van der Waals surface area contributed by atoms with Crippen LogP contribution in [0.3, 0.4) is 0 Å². The molecule has 2 aromatic rings. The fraction of sp³-hybridized carbons (Fsp3) is 0.400. The molecule has 20 heavy (non-hydrogen) atoms. The normalized spacial score (nSPS) is 14.5. The van der Waals surface area contributed by atoms with Gasteiger partial charge in [-0.25, -0.2) is 0 Å². The van der Waals surface area contributed by atoms with Crippen molar-refractivity contribution in [1.82, 2.24) is 10.3 Å². The highest BCUT2D eigenvalue weighted by Gasteiger charge is 2.20. The smallest absolute Gasteiger partial charge is 0.0701 e. The molecule has 1 aliphatic carbocycles. The molecule has 3 rings (SSSR count). The van der Waals surface area contributed by atoms with Crippen molar-refractivity contribution in [2.24, 2.45) is 0 Å². The molecule has 2 aromatic heterocycles. The highest BCUT2D eigenvalue weighted by atomic mass is 79.9. The topological polar surface area (TPSA) is 28.2 Å². The lowest BCUT2D eigenvalue weighted by Gasteiger charge is -2.21. The Labute approximate surface area is 132 Å². The summed E-state index contributed by atoms with van der Waals surface area (Å²) in [5.41, 5.74) is 3.86. The summed E-state index contributed by atoms with van der Waals surface area (Å²) in [4.78, 5) is 6.55. The molecule has 1 fully saturated rings. The van der Waals surface area contributed by atoms with Gasteiger partial charge >= 0.3 is 0 Å². The summed E-state index contributed by atoms with van der Waals surface area (Å²) in [5, 5.41) is 5.77. The van der Waals surface area contributed by atoms with Gasteiger partial charge in [-0.05, 0) is 57.4 Å². The van der Waals surface area contributed by atoms with Crippen LogP contribution in [-0.4, -0.2) is 18.1 Å². The number of halogens is 1. The van der Waals surface area contributed by atoms with Crippen LogP contribution in [0, 0.1) is 0 Å². The summed E-state index contributed by atoms with van der Waals surface area (Å²) in [5.74, 6) is 0. The average molecular weight is 352 g/mol. The molecule has 2 heterocycles. The number of thiophene rings is 1. The van der Waals surface area contributed by atoms with Crippen molar-refractivity contribution in [1.29, 1.82) is 0 Å². The molecule has 0 saturated heterocycles. The Morgan fingerprint density at radius 1 is 1.50 bits per heavy atom.